The normalized spacial score (nSPS) is 10.1. The van der Waals surface area contributed by atoms with Gasteiger partial charge in [0.15, 0.2) is 0 Å². The van der Waals surface area contributed by atoms with Crippen LogP contribution in [-0.4, -0.2) is 7.05 Å². The van der Waals surface area contributed by atoms with Crippen molar-refractivity contribution in [1.82, 2.24) is 4.72 Å². The third-order valence-electron chi connectivity index (χ3n) is 1.12. The first-order valence-electron chi connectivity index (χ1n) is 3.03. The van der Waals surface area contributed by atoms with Crippen molar-refractivity contribution in [2.24, 2.45) is 0 Å². The Hall–Kier alpha value is 0.110. The van der Waals surface area contributed by atoms with E-state index in [2.05, 4.69) is 4.72 Å². The number of rotatable bonds is 2. The van der Waals surface area contributed by atoms with Crippen LogP contribution in [0.5, 0.6) is 0 Å². The minimum Gasteiger partial charge on any atom is -0.263 e. The summed E-state index contributed by atoms with van der Waals surface area (Å²) >= 11 is 13.1. The predicted molar refractivity (Wildman–Crippen MR) is 51.4 cm³/mol. The zero-order chi connectivity index (χ0) is 8.27. The molecule has 0 atom stereocenters. The van der Waals surface area contributed by atoms with Crippen molar-refractivity contribution < 1.29 is 0 Å². The van der Waals surface area contributed by atoms with Crippen LogP contribution in [0, 0.1) is 0 Å². The molecule has 0 unspecified atom stereocenters. The molecule has 0 fully saturated rings. The lowest BCUT2D eigenvalue weighted by molar-refractivity contribution is 1.28. The van der Waals surface area contributed by atoms with Crippen LogP contribution in [0.25, 0.3) is 0 Å². The molecular weight excluding hydrogens is 201 g/mol. The van der Waals surface area contributed by atoms with Crippen LogP contribution in [0.2, 0.25) is 10.0 Å². The Balaban J connectivity index is 3.00. The van der Waals surface area contributed by atoms with E-state index in [9.17, 15) is 0 Å². The van der Waals surface area contributed by atoms with Gasteiger partial charge in [-0.1, -0.05) is 29.3 Å². The Morgan fingerprint density at radius 1 is 1.27 bits per heavy atom. The lowest BCUT2D eigenvalue weighted by atomic mass is 10.4. The first-order chi connectivity index (χ1) is 5.25. The van der Waals surface area contributed by atoms with Gasteiger partial charge in [0.25, 0.3) is 0 Å². The van der Waals surface area contributed by atoms with Gasteiger partial charge in [-0.3, -0.25) is 4.72 Å². The van der Waals surface area contributed by atoms with E-state index in [-0.39, 0.29) is 0 Å². The van der Waals surface area contributed by atoms with Gasteiger partial charge in [-0.2, -0.15) is 0 Å². The molecule has 0 aliphatic carbocycles. The van der Waals surface area contributed by atoms with Crippen molar-refractivity contribution in [2.75, 3.05) is 7.05 Å². The second kappa shape index (κ2) is 4.21. The van der Waals surface area contributed by atoms with E-state index < -0.39 is 0 Å². The molecule has 1 aromatic carbocycles. The van der Waals surface area contributed by atoms with Crippen molar-refractivity contribution in [3.8, 4) is 0 Å². The Kier molecular flexibility index (Phi) is 3.52. The summed E-state index contributed by atoms with van der Waals surface area (Å²) in [4.78, 5) is 0.873. The zero-order valence-corrected chi connectivity index (χ0v) is 8.22. The van der Waals surface area contributed by atoms with Gasteiger partial charge in [-0.15, -0.1) is 0 Å². The summed E-state index contributed by atoms with van der Waals surface area (Å²) in [6.07, 6.45) is 0. The fourth-order valence-electron chi connectivity index (χ4n) is 0.682. The van der Waals surface area contributed by atoms with Crippen LogP contribution in [0.1, 0.15) is 0 Å². The Morgan fingerprint density at radius 2 is 1.82 bits per heavy atom. The Morgan fingerprint density at radius 3 is 2.27 bits per heavy atom. The van der Waals surface area contributed by atoms with Crippen molar-refractivity contribution in [3.63, 3.8) is 0 Å². The van der Waals surface area contributed by atoms with Gasteiger partial charge in [0.2, 0.25) is 0 Å². The minimum absolute atomic E-state index is 0.678. The summed E-state index contributed by atoms with van der Waals surface area (Å²) in [5.74, 6) is 0. The molecule has 0 aliphatic heterocycles. The lowest BCUT2D eigenvalue weighted by Gasteiger charge is -2.03. The van der Waals surface area contributed by atoms with E-state index >= 15 is 0 Å². The zero-order valence-electron chi connectivity index (χ0n) is 5.90. The van der Waals surface area contributed by atoms with E-state index in [1.807, 2.05) is 25.2 Å². The molecule has 0 heterocycles. The largest absolute Gasteiger partial charge is 0.263 e. The van der Waals surface area contributed by atoms with Crippen molar-refractivity contribution in [1.29, 1.82) is 0 Å². The van der Waals surface area contributed by atoms with Crippen LogP contribution in [0.15, 0.2) is 23.1 Å². The smallest absolute Gasteiger partial charge is 0.0600 e. The molecule has 1 nitrogen and oxygen atoms in total. The van der Waals surface area contributed by atoms with Gasteiger partial charge in [0.1, 0.15) is 0 Å². The molecular formula is C7H7Cl2NS. The average molecular weight is 208 g/mol. The SMILES string of the molecule is CNSc1c(Cl)cccc1Cl. The minimum atomic E-state index is 0.678. The molecule has 1 aromatic rings. The van der Waals surface area contributed by atoms with E-state index in [1.54, 1.807) is 0 Å². The maximum absolute atomic E-state index is 5.86. The van der Waals surface area contributed by atoms with Gasteiger partial charge in [-0.05, 0) is 31.1 Å². The molecule has 11 heavy (non-hydrogen) atoms. The Bertz CT molecular complexity index is 232. The van der Waals surface area contributed by atoms with Crippen LogP contribution >= 0.6 is 35.1 Å². The third-order valence-corrected chi connectivity index (χ3v) is 2.83. The molecule has 4 heteroatoms. The molecule has 0 bridgehead atoms. The maximum Gasteiger partial charge on any atom is 0.0600 e. The first-order valence-corrected chi connectivity index (χ1v) is 4.60. The van der Waals surface area contributed by atoms with Crippen LogP contribution in [0.3, 0.4) is 0 Å². The number of halogens is 2. The Labute approximate surface area is 80.2 Å². The highest BCUT2D eigenvalue weighted by atomic mass is 35.5. The molecule has 0 spiro atoms. The van der Waals surface area contributed by atoms with E-state index in [4.69, 9.17) is 23.2 Å². The topological polar surface area (TPSA) is 12.0 Å². The molecule has 0 saturated carbocycles. The second-order valence-corrected chi connectivity index (χ2v) is 3.69. The van der Waals surface area contributed by atoms with Gasteiger partial charge >= 0.3 is 0 Å². The summed E-state index contributed by atoms with van der Waals surface area (Å²) in [7, 11) is 1.82. The highest BCUT2D eigenvalue weighted by Gasteiger charge is 2.03. The fourth-order valence-corrected chi connectivity index (χ4v) is 1.85. The molecule has 0 saturated heterocycles. The molecule has 0 aromatic heterocycles. The fraction of sp³-hybridized carbons (Fsp3) is 0.143. The maximum atomic E-state index is 5.86. The third kappa shape index (κ3) is 2.27. The van der Waals surface area contributed by atoms with Crippen LogP contribution in [0.4, 0.5) is 0 Å². The number of hydrogen-bond acceptors (Lipinski definition) is 2. The highest BCUT2D eigenvalue weighted by molar-refractivity contribution is 7.97. The summed E-state index contributed by atoms with van der Waals surface area (Å²) in [6.45, 7) is 0. The van der Waals surface area contributed by atoms with Gasteiger partial charge in [0, 0.05) is 0 Å². The predicted octanol–water partition coefficient (Wildman–Crippen LogP) is 3.22. The molecule has 0 aliphatic rings. The summed E-state index contributed by atoms with van der Waals surface area (Å²) < 4.78 is 2.91. The molecule has 0 radical (unpaired) electrons. The summed E-state index contributed by atoms with van der Waals surface area (Å²) in [5.41, 5.74) is 0. The van der Waals surface area contributed by atoms with Crippen molar-refractivity contribution in [3.05, 3.63) is 28.2 Å². The van der Waals surface area contributed by atoms with E-state index in [0.29, 0.717) is 10.0 Å². The monoisotopic (exact) mass is 207 g/mol. The quantitative estimate of drug-likeness (QED) is 0.749. The van der Waals surface area contributed by atoms with Crippen molar-refractivity contribution in [2.45, 2.75) is 4.90 Å². The van der Waals surface area contributed by atoms with E-state index in [0.717, 1.165) is 4.90 Å². The van der Waals surface area contributed by atoms with Gasteiger partial charge in [-0.25, -0.2) is 0 Å². The summed E-state index contributed by atoms with van der Waals surface area (Å²) in [6, 6.07) is 5.45. The van der Waals surface area contributed by atoms with Gasteiger partial charge in [0.05, 0.1) is 14.9 Å². The molecule has 60 valence electrons. The lowest BCUT2D eigenvalue weighted by Crippen LogP contribution is -1.91. The second-order valence-electron chi connectivity index (χ2n) is 1.86. The molecule has 0 amide bonds. The molecule has 1 rings (SSSR count). The first kappa shape index (κ1) is 9.20. The van der Waals surface area contributed by atoms with Crippen molar-refractivity contribution >= 4 is 35.1 Å². The number of nitrogens with one attached hydrogen (secondary N) is 1. The van der Waals surface area contributed by atoms with Crippen LogP contribution in [-0.2, 0) is 0 Å². The highest BCUT2D eigenvalue weighted by Crippen LogP contribution is 2.31. The van der Waals surface area contributed by atoms with E-state index in [1.165, 1.54) is 11.9 Å². The molecule has 1 N–H and O–H groups in total. The standard InChI is InChI=1S/C7H7Cl2NS/c1-10-11-7-5(8)3-2-4-6(7)9/h2-4,10H,1H3. The average Bonchev–Trinajstić information content (AvgIpc) is 1.97. The summed E-state index contributed by atoms with van der Waals surface area (Å²) in [5, 5.41) is 1.36. The number of hydrogen-bond donors (Lipinski definition) is 1. The van der Waals surface area contributed by atoms with Crippen LogP contribution < -0.4 is 4.72 Å². The number of benzene rings is 1. The van der Waals surface area contributed by atoms with Gasteiger partial charge < -0.3 is 0 Å².